The van der Waals surface area contributed by atoms with Gasteiger partial charge in [-0.05, 0) is 40.3 Å². The van der Waals surface area contributed by atoms with E-state index in [1.165, 1.54) is 0 Å². The van der Waals surface area contributed by atoms with Crippen LogP contribution in [0.15, 0.2) is 33.7 Å². The number of thiocarbonyl (C=S) groups is 1. The number of ether oxygens (including phenoxy) is 1. The van der Waals surface area contributed by atoms with Crippen LogP contribution in [-0.2, 0) is 0 Å². The fourth-order valence-corrected chi connectivity index (χ4v) is 1.42. The highest BCUT2D eigenvalue weighted by Crippen LogP contribution is 2.23. The molecule has 0 N–H and O–H groups in total. The van der Waals surface area contributed by atoms with Crippen LogP contribution in [0.5, 0.6) is 5.75 Å². The van der Waals surface area contributed by atoms with Gasteiger partial charge < -0.3 is 4.74 Å². The van der Waals surface area contributed by atoms with Crippen LogP contribution in [0.2, 0.25) is 0 Å². The zero-order valence-corrected chi connectivity index (χ0v) is 9.97. The second kappa shape index (κ2) is 6.71. The molecule has 0 aliphatic heterocycles. The van der Waals surface area contributed by atoms with Gasteiger partial charge in [-0.2, -0.15) is 0 Å². The average Bonchev–Trinajstić information content (AvgIpc) is 2.20. The van der Waals surface area contributed by atoms with Crippen LogP contribution in [0.4, 0.5) is 0 Å². The molecule has 0 saturated heterocycles. The third kappa shape index (κ3) is 4.01. The molecule has 0 heterocycles. The average molecular weight is 272 g/mol. The summed E-state index contributed by atoms with van der Waals surface area (Å²) in [5.74, 6) is 0.860. The number of nitrogens with zero attached hydrogens (tertiary/aromatic N) is 1. The van der Waals surface area contributed by atoms with Gasteiger partial charge in [-0.3, -0.25) is 0 Å². The number of halogens is 1. The highest BCUT2D eigenvalue weighted by Gasteiger charge is 1.97. The molecule has 1 aromatic rings. The second-order valence-electron chi connectivity index (χ2n) is 2.61. The molecule has 14 heavy (non-hydrogen) atoms. The maximum Gasteiger partial charge on any atom is 0.133 e. The van der Waals surface area contributed by atoms with E-state index in [-0.39, 0.29) is 0 Å². The number of hydrogen-bond donors (Lipinski definition) is 0. The molecule has 0 atom stereocenters. The van der Waals surface area contributed by atoms with Gasteiger partial charge in [0, 0.05) is 6.42 Å². The van der Waals surface area contributed by atoms with Crippen molar-refractivity contribution in [1.29, 1.82) is 0 Å². The van der Waals surface area contributed by atoms with E-state index >= 15 is 0 Å². The van der Waals surface area contributed by atoms with Crippen molar-refractivity contribution in [3.63, 3.8) is 0 Å². The van der Waals surface area contributed by atoms with Crippen molar-refractivity contribution in [2.45, 2.75) is 6.42 Å². The minimum atomic E-state index is 0.642. The topological polar surface area (TPSA) is 21.6 Å². The van der Waals surface area contributed by atoms with Crippen LogP contribution >= 0.6 is 28.1 Å². The molecular formula is C10H10BrNOS. The van der Waals surface area contributed by atoms with Crippen LogP contribution in [0.1, 0.15) is 6.42 Å². The zero-order chi connectivity index (χ0) is 10.2. The van der Waals surface area contributed by atoms with Crippen molar-refractivity contribution in [3.05, 3.63) is 28.7 Å². The van der Waals surface area contributed by atoms with Crippen molar-refractivity contribution in [2.75, 3.05) is 13.2 Å². The maximum absolute atomic E-state index is 5.51. The molecule has 0 aromatic heterocycles. The van der Waals surface area contributed by atoms with Crippen LogP contribution in [0.3, 0.4) is 0 Å². The predicted molar refractivity (Wildman–Crippen MR) is 64.1 cm³/mol. The standard InChI is InChI=1S/C10H10BrNOS/c11-9-4-1-2-5-10(9)13-7-3-6-12-8-14/h1-2,4-5H,3,6-7H2. The molecule has 74 valence electrons. The summed E-state index contributed by atoms with van der Waals surface area (Å²) in [5, 5.41) is 2.32. The Morgan fingerprint density at radius 2 is 2.21 bits per heavy atom. The lowest BCUT2D eigenvalue weighted by Crippen LogP contribution is -1.99. The third-order valence-electron chi connectivity index (χ3n) is 1.57. The van der Waals surface area contributed by atoms with E-state index in [9.17, 15) is 0 Å². The van der Waals surface area contributed by atoms with E-state index in [0.717, 1.165) is 16.6 Å². The zero-order valence-electron chi connectivity index (χ0n) is 7.57. The molecule has 0 unspecified atom stereocenters. The molecule has 1 aromatic carbocycles. The molecule has 0 aliphatic carbocycles. The van der Waals surface area contributed by atoms with Crippen molar-refractivity contribution in [2.24, 2.45) is 4.99 Å². The summed E-state index contributed by atoms with van der Waals surface area (Å²) in [7, 11) is 0. The quantitative estimate of drug-likeness (QED) is 0.466. The van der Waals surface area contributed by atoms with E-state index in [0.29, 0.717) is 13.2 Å². The molecule has 0 bridgehead atoms. The number of aliphatic imine (C=N–C) groups is 1. The van der Waals surface area contributed by atoms with Crippen molar-refractivity contribution in [1.82, 2.24) is 0 Å². The first-order valence-electron chi connectivity index (χ1n) is 4.25. The molecule has 0 saturated carbocycles. The lowest BCUT2D eigenvalue weighted by Gasteiger charge is -2.06. The van der Waals surface area contributed by atoms with E-state index in [1.807, 2.05) is 24.3 Å². The third-order valence-corrected chi connectivity index (χ3v) is 2.36. The van der Waals surface area contributed by atoms with E-state index in [4.69, 9.17) is 4.74 Å². The van der Waals surface area contributed by atoms with E-state index < -0.39 is 0 Å². The van der Waals surface area contributed by atoms with Gasteiger partial charge in [-0.1, -0.05) is 12.1 Å². The lowest BCUT2D eigenvalue weighted by molar-refractivity contribution is 0.312. The highest BCUT2D eigenvalue weighted by atomic mass is 79.9. The molecule has 2 nitrogen and oxygen atoms in total. The van der Waals surface area contributed by atoms with Crippen LogP contribution < -0.4 is 4.74 Å². The summed E-state index contributed by atoms with van der Waals surface area (Å²) in [6, 6.07) is 7.76. The lowest BCUT2D eigenvalue weighted by atomic mass is 10.3. The number of isothiocyanates is 1. The second-order valence-corrected chi connectivity index (χ2v) is 3.64. The van der Waals surface area contributed by atoms with Crippen LogP contribution in [0, 0.1) is 0 Å². The Morgan fingerprint density at radius 3 is 2.93 bits per heavy atom. The molecule has 0 aliphatic rings. The van der Waals surface area contributed by atoms with Gasteiger partial charge in [-0.25, -0.2) is 4.99 Å². The molecule has 4 heteroatoms. The summed E-state index contributed by atoms with van der Waals surface area (Å²) >= 11 is 7.85. The van der Waals surface area contributed by atoms with Crippen molar-refractivity contribution < 1.29 is 4.74 Å². The Hall–Kier alpha value is -0.700. The number of hydrogen-bond acceptors (Lipinski definition) is 3. The molecule has 0 spiro atoms. The summed E-state index contributed by atoms with van der Waals surface area (Å²) in [5.41, 5.74) is 0. The Bertz CT molecular complexity index is 337. The Morgan fingerprint density at radius 1 is 1.43 bits per heavy atom. The number of benzene rings is 1. The maximum atomic E-state index is 5.51. The largest absolute Gasteiger partial charge is 0.492 e. The minimum absolute atomic E-state index is 0.642. The van der Waals surface area contributed by atoms with Gasteiger partial charge in [0.05, 0.1) is 22.8 Å². The monoisotopic (exact) mass is 271 g/mol. The molecular weight excluding hydrogens is 262 g/mol. The van der Waals surface area contributed by atoms with Gasteiger partial charge in [0.1, 0.15) is 5.75 Å². The molecule has 0 fully saturated rings. The smallest absolute Gasteiger partial charge is 0.133 e. The Balaban J connectivity index is 2.31. The normalized spacial score (nSPS) is 9.21. The van der Waals surface area contributed by atoms with Gasteiger partial charge in [0.25, 0.3) is 0 Å². The highest BCUT2D eigenvalue weighted by molar-refractivity contribution is 9.10. The minimum Gasteiger partial charge on any atom is -0.492 e. The van der Waals surface area contributed by atoms with Crippen LogP contribution in [-0.4, -0.2) is 18.3 Å². The molecule has 1 rings (SSSR count). The number of rotatable bonds is 5. The van der Waals surface area contributed by atoms with Crippen molar-refractivity contribution in [3.8, 4) is 5.75 Å². The molecule has 0 amide bonds. The van der Waals surface area contributed by atoms with Gasteiger partial charge in [0.15, 0.2) is 0 Å². The first-order chi connectivity index (χ1) is 6.84. The fourth-order valence-electron chi connectivity index (χ4n) is 0.933. The summed E-state index contributed by atoms with van der Waals surface area (Å²) in [6.45, 7) is 1.32. The summed E-state index contributed by atoms with van der Waals surface area (Å²) in [4.78, 5) is 3.80. The van der Waals surface area contributed by atoms with Crippen molar-refractivity contribution >= 4 is 33.3 Å². The fraction of sp³-hybridized carbons (Fsp3) is 0.300. The Kier molecular flexibility index (Phi) is 5.45. The van der Waals surface area contributed by atoms with Gasteiger partial charge >= 0.3 is 0 Å². The predicted octanol–water partition coefficient (Wildman–Crippen LogP) is 3.32. The van der Waals surface area contributed by atoms with Gasteiger partial charge in [0.2, 0.25) is 0 Å². The van der Waals surface area contributed by atoms with E-state index in [1.54, 1.807) is 0 Å². The first-order valence-corrected chi connectivity index (χ1v) is 5.45. The molecule has 0 radical (unpaired) electrons. The van der Waals surface area contributed by atoms with Gasteiger partial charge in [-0.15, -0.1) is 0 Å². The van der Waals surface area contributed by atoms with E-state index in [2.05, 4.69) is 38.3 Å². The summed E-state index contributed by atoms with van der Waals surface area (Å²) < 4.78 is 6.49. The first kappa shape index (κ1) is 11.4. The summed E-state index contributed by atoms with van der Waals surface area (Å²) in [6.07, 6.45) is 0.852. The van der Waals surface area contributed by atoms with Crippen LogP contribution in [0.25, 0.3) is 0 Å². The number of para-hydroxylation sites is 1. The Labute approximate surface area is 97.1 Å². The SMILES string of the molecule is S=C=NCCCOc1ccccc1Br.